The third-order valence-corrected chi connectivity index (χ3v) is 7.68. The van der Waals surface area contributed by atoms with Gasteiger partial charge in [-0.1, -0.05) is 43.3 Å². The summed E-state index contributed by atoms with van der Waals surface area (Å²) in [5.74, 6) is 1.61. The molecule has 2 amide bonds. The Kier molecular flexibility index (Phi) is 8.27. The molecule has 1 unspecified atom stereocenters. The van der Waals surface area contributed by atoms with E-state index in [2.05, 4.69) is 5.32 Å². The van der Waals surface area contributed by atoms with Crippen molar-refractivity contribution in [3.8, 4) is 11.5 Å². The van der Waals surface area contributed by atoms with Crippen molar-refractivity contribution in [1.29, 1.82) is 0 Å². The van der Waals surface area contributed by atoms with Gasteiger partial charge in [-0.25, -0.2) is 4.79 Å². The maximum atomic E-state index is 13.3. The Balaban J connectivity index is 1.43. The van der Waals surface area contributed by atoms with Gasteiger partial charge in [0.1, 0.15) is 12.6 Å². The van der Waals surface area contributed by atoms with Gasteiger partial charge in [-0.2, -0.15) is 0 Å². The summed E-state index contributed by atoms with van der Waals surface area (Å²) in [7, 11) is 1.62. The van der Waals surface area contributed by atoms with Crippen LogP contribution in [0.2, 0.25) is 0 Å². The second-order valence-corrected chi connectivity index (χ2v) is 10.5. The molecule has 1 aliphatic heterocycles. The topological polar surface area (TPSA) is 97.3 Å². The number of aliphatic hydroxyl groups is 1. The summed E-state index contributed by atoms with van der Waals surface area (Å²) in [6, 6.07) is 14.4. The van der Waals surface area contributed by atoms with Crippen LogP contribution in [0.5, 0.6) is 11.5 Å². The minimum absolute atomic E-state index is 0.122. The van der Waals surface area contributed by atoms with Crippen molar-refractivity contribution in [2.45, 2.75) is 58.3 Å². The zero-order valence-corrected chi connectivity index (χ0v) is 22.1. The van der Waals surface area contributed by atoms with Crippen molar-refractivity contribution in [1.82, 2.24) is 10.2 Å². The van der Waals surface area contributed by atoms with Crippen LogP contribution in [0, 0.1) is 11.3 Å². The van der Waals surface area contributed by atoms with Crippen LogP contribution in [0.15, 0.2) is 48.5 Å². The fraction of sp³-hybridized carbons (Fsp3) is 0.517. The largest absolute Gasteiger partial charge is 0.493 e. The molecule has 4 rings (SSSR count). The van der Waals surface area contributed by atoms with Crippen LogP contribution in [-0.2, 0) is 16.1 Å². The van der Waals surface area contributed by atoms with Crippen LogP contribution in [0.3, 0.4) is 0 Å². The smallest absolute Gasteiger partial charge is 0.408 e. The predicted molar refractivity (Wildman–Crippen MR) is 140 cm³/mol. The first-order valence-corrected chi connectivity index (χ1v) is 13.0. The van der Waals surface area contributed by atoms with E-state index in [1.54, 1.807) is 25.9 Å². The van der Waals surface area contributed by atoms with Crippen LogP contribution in [-0.4, -0.2) is 61.0 Å². The fourth-order valence-electron chi connectivity index (χ4n) is 4.88. The Hall–Kier alpha value is -3.26. The van der Waals surface area contributed by atoms with Crippen LogP contribution in [0.1, 0.15) is 50.7 Å². The van der Waals surface area contributed by atoms with Gasteiger partial charge in [-0.05, 0) is 55.9 Å². The van der Waals surface area contributed by atoms with Crippen LogP contribution in [0.25, 0.3) is 0 Å². The van der Waals surface area contributed by atoms with E-state index in [0.717, 1.165) is 11.1 Å². The molecule has 0 bridgehead atoms. The Bertz CT molecular complexity index is 1090. The molecule has 0 aromatic heterocycles. The van der Waals surface area contributed by atoms with Gasteiger partial charge in [0, 0.05) is 24.4 Å². The lowest BCUT2D eigenvalue weighted by molar-refractivity contribution is -0.132. The number of nitrogens with zero attached hydrogens (tertiary/aromatic N) is 1. The first kappa shape index (κ1) is 26.8. The summed E-state index contributed by atoms with van der Waals surface area (Å²) in [5.41, 5.74) is 1.27. The molecule has 8 nitrogen and oxygen atoms in total. The van der Waals surface area contributed by atoms with Gasteiger partial charge in [0.2, 0.25) is 5.91 Å². The van der Waals surface area contributed by atoms with Crippen molar-refractivity contribution in [3.63, 3.8) is 0 Å². The Morgan fingerprint density at radius 1 is 1.14 bits per heavy atom. The standard InChI is InChI=1S/C29H38N2O6/c1-19(30-28(34)37-17-21-8-6-5-7-9-21)27(33)31-15-24(29(3,18-31)20(2)32)23-12-13-25(35-4)26(14-23)36-16-22-10-11-22/h5-9,12-14,19-20,22,24,32H,10-11,15-18H2,1-4H3,(H,30,34)/t19?,20-,24+,29+/m1/s1. The molecule has 0 radical (unpaired) electrons. The van der Waals surface area contributed by atoms with E-state index >= 15 is 0 Å². The molecule has 2 N–H and O–H groups in total. The molecule has 4 atom stereocenters. The maximum Gasteiger partial charge on any atom is 0.408 e. The number of carbonyl (C=O) groups is 2. The van der Waals surface area contributed by atoms with Crippen LogP contribution >= 0.6 is 0 Å². The third-order valence-electron chi connectivity index (χ3n) is 7.68. The zero-order chi connectivity index (χ0) is 26.6. The van der Waals surface area contributed by atoms with Crippen molar-refractivity contribution < 1.29 is 28.9 Å². The number of amides is 2. The van der Waals surface area contributed by atoms with Gasteiger partial charge in [0.05, 0.1) is 19.8 Å². The number of likely N-dealkylation sites (tertiary alicyclic amines) is 1. The number of benzene rings is 2. The first-order chi connectivity index (χ1) is 17.7. The Labute approximate surface area is 218 Å². The van der Waals surface area contributed by atoms with Crippen molar-refractivity contribution in [2.24, 2.45) is 11.3 Å². The van der Waals surface area contributed by atoms with Crippen LogP contribution < -0.4 is 14.8 Å². The third kappa shape index (κ3) is 6.36. The molecule has 0 spiro atoms. The molecule has 1 aliphatic carbocycles. The molecule has 1 saturated heterocycles. The fourth-order valence-corrected chi connectivity index (χ4v) is 4.88. The highest BCUT2D eigenvalue weighted by molar-refractivity contribution is 5.85. The van der Waals surface area contributed by atoms with E-state index in [9.17, 15) is 14.7 Å². The average Bonchev–Trinajstić information content (AvgIpc) is 3.66. The number of methoxy groups -OCH3 is 1. The monoisotopic (exact) mass is 510 g/mol. The Morgan fingerprint density at radius 3 is 2.51 bits per heavy atom. The second-order valence-electron chi connectivity index (χ2n) is 10.5. The van der Waals surface area contributed by atoms with E-state index < -0.39 is 23.7 Å². The summed E-state index contributed by atoms with van der Waals surface area (Å²) < 4.78 is 16.8. The van der Waals surface area contributed by atoms with Gasteiger partial charge in [0.15, 0.2) is 11.5 Å². The number of hydrogen-bond donors (Lipinski definition) is 2. The molecule has 37 heavy (non-hydrogen) atoms. The first-order valence-electron chi connectivity index (χ1n) is 13.0. The lowest BCUT2D eigenvalue weighted by Gasteiger charge is -2.34. The number of hydrogen-bond acceptors (Lipinski definition) is 6. The van der Waals surface area contributed by atoms with Crippen molar-refractivity contribution in [3.05, 3.63) is 59.7 Å². The zero-order valence-electron chi connectivity index (χ0n) is 22.1. The number of nitrogens with one attached hydrogen (secondary N) is 1. The van der Waals surface area contributed by atoms with Crippen molar-refractivity contribution >= 4 is 12.0 Å². The van der Waals surface area contributed by atoms with Gasteiger partial charge in [-0.15, -0.1) is 0 Å². The number of alkyl carbamates (subject to hydrolysis) is 1. The van der Waals surface area contributed by atoms with E-state index in [1.165, 1.54) is 12.8 Å². The van der Waals surface area contributed by atoms with Gasteiger partial charge in [0.25, 0.3) is 0 Å². The highest BCUT2D eigenvalue weighted by Gasteiger charge is 2.49. The molecule has 8 heteroatoms. The lowest BCUT2D eigenvalue weighted by atomic mass is 9.72. The summed E-state index contributed by atoms with van der Waals surface area (Å²) in [4.78, 5) is 27.3. The van der Waals surface area contributed by atoms with Gasteiger partial charge in [-0.3, -0.25) is 4.79 Å². The summed E-state index contributed by atoms with van der Waals surface area (Å²) in [6.07, 6.45) is 1.07. The summed E-state index contributed by atoms with van der Waals surface area (Å²) >= 11 is 0. The van der Waals surface area contributed by atoms with Crippen LogP contribution in [0.4, 0.5) is 4.79 Å². The highest BCUT2D eigenvalue weighted by Crippen LogP contribution is 2.47. The Morgan fingerprint density at radius 2 is 1.86 bits per heavy atom. The molecular formula is C29H38N2O6. The van der Waals surface area contributed by atoms with E-state index in [0.29, 0.717) is 37.1 Å². The predicted octanol–water partition coefficient (Wildman–Crippen LogP) is 4.11. The number of rotatable bonds is 10. The average molecular weight is 511 g/mol. The van der Waals surface area contributed by atoms with E-state index in [-0.39, 0.29) is 18.4 Å². The van der Waals surface area contributed by atoms with Crippen molar-refractivity contribution in [2.75, 3.05) is 26.8 Å². The summed E-state index contributed by atoms with van der Waals surface area (Å²) in [5, 5.41) is 13.4. The molecule has 2 fully saturated rings. The molecule has 2 aromatic carbocycles. The quantitative estimate of drug-likeness (QED) is 0.499. The second kappa shape index (κ2) is 11.4. The van der Waals surface area contributed by atoms with Gasteiger partial charge < -0.3 is 29.5 Å². The number of aliphatic hydroxyl groups excluding tert-OH is 1. The highest BCUT2D eigenvalue weighted by atomic mass is 16.5. The minimum Gasteiger partial charge on any atom is -0.493 e. The SMILES string of the molecule is COc1ccc([C@@H]2CN(C(=O)C(C)NC(=O)OCc3ccccc3)C[C@@]2(C)[C@@H](C)O)cc1OCC1CC1. The van der Waals surface area contributed by atoms with E-state index in [1.807, 2.05) is 55.5 Å². The molecule has 1 heterocycles. The lowest BCUT2D eigenvalue weighted by Crippen LogP contribution is -2.47. The normalized spacial score (nSPS) is 22.7. The minimum atomic E-state index is -0.770. The molecule has 2 aromatic rings. The molecule has 2 aliphatic rings. The molecule has 200 valence electrons. The van der Waals surface area contributed by atoms with E-state index in [4.69, 9.17) is 14.2 Å². The molecule has 1 saturated carbocycles. The van der Waals surface area contributed by atoms with Gasteiger partial charge >= 0.3 is 6.09 Å². The molecular weight excluding hydrogens is 472 g/mol. The number of carbonyl (C=O) groups excluding carboxylic acids is 2. The maximum absolute atomic E-state index is 13.3. The summed E-state index contributed by atoms with van der Waals surface area (Å²) in [6.45, 7) is 6.97. The number of ether oxygens (including phenoxy) is 3.